The maximum Gasteiger partial charge on any atom is 0.231 e. The first-order valence-corrected chi connectivity index (χ1v) is 11.3. The molecule has 0 bridgehead atoms. The fourth-order valence-corrected chi connectivity index (χ4v) is 4.68. The van der Waals surface area contributed by atoms with E-state index in [2.05, 4.69) is 59.5 Å². The molecule has 33 heavy (non-hydrogen) atoms. The molecule has 0 atom stereocenters. The molecule has 8 nitrogen and oxygen atoms in total. The number of nitrogens with zero attached hydrogens (tertiary/aromatic N) is 4. The van der Waals surface area contributed by atoms with Crippen molar-refractivity contribution < 1.29 is 14.2 Å². The number of guanidine groups is 1. The van der Waals surface area contributed by atoms with Crippen molar-refractivity contribution in [1.29, 1.82) is 0 Å². The first-order chi connectivity index (χ1) is 15.4. The summed E-state index contributed by atoms with van der Waals surface area (Å²) in [5, 5.41) is 8.28. The number of nitrogens with one attached hydrogen (secondary N) is 1. The molecule has 0 unspecified atom stereocenters. The van der Waals surface area contributed by atoms with E-state index in [0.717, 1.165) is 62.3 Å². The number of fused-ring (bicyclic) bond motifs is 1. The molecule has 0 amide bonds. The number of rotatable bonds is 6. The van der Waals surface area contributed by atoms with Crippen LogP contribution in [-0.4, -0.2) is 61.3 Å². The van der Waals surface area contributed by atoms with Gasteiger partial charge < -0.3 is 24.4 Å². The lowest BCUT2D eigenvalue weighted by Gasteiger charge is -2.39. The Morgan fingerprint density at radius 2 is 1.97 bits per heavy atom. The Morgan fingerprint density at radius 1 is 1.24 bits per heavy atom. The van der Waals surface area contributed by atoms with Crippen LogP contribution in [0.2, 0.25) is 0 Å². The summed E-state index contributed by atoms with van der Waals surface area (Å²) in [5.41, 5.74) is 3.57. The number of aromatic nitrogens is 2. The Hall–Kier alpha value is -2.01. The summed E-state index contributed by atoms with van der Waals surface area (Å²) >= 11 is 0. The van der Waals surface area contributed by atoms with Crippen LogP contribution in [0.25, 0.3) is 0 Å². The highest BCUT2D eigenvalue weighted by Gasteiger charge is 2.36. The molecule has 4 rings (SSSR count). The van der Waals surface area contributed by atoms with Crippen molar-refractivity contribution in [2.75, 3.05) is 40.6 Å². The van der Waals surface area contributed by atoms with Gasteiger partial charge in [0.1, 0.15) is 0 Å². The van der Waals surface area contributed by atoms with Crippen molar-refractivity contribution in [2.24, 2.45) is 12.0 Å². The summed E-state index contributed by atoms with van der Waals surface area (Å²) in [6, 6.07) is 6.32. The van der Waals surface area contributed by atoms with Gasteiger partial charge in [0.15, 0.2) is 17.5 Å². The summed E-state index contributed by atoms with van der Waals surface area (Å²) in [6.45, 7) is 7.67. The molecule has 0 radical (unpaired) electrons. The Balaban J connectivity index is 0.00000306. The van der Waals surface area contributed by atoms with Crippen LogP contribution in [0.5, 0.6) is 11.5 Å². The van der Waals surface area contributed by atoms with E-state index in [-0.39, 0.29) is 36.2 Å². The molecule has 9 heteroatoms. The second-order valence-electron chi connectivity index (χ2n) is 9.09. The van der Waals surface area contributed by atoms with Crippen LogP contribution in [0, 0.1) is 0 Å². The molecule has 182 valence electrons. The van der Waals surface area contributed by atoms with E-state index in [0.29, 0.717) is 5.92 Å². The van der Waals surface area contributed by atoms with E-state index in [1.165, 1.54) is 11.1 Å². The molecule has 0 spiro atoms. The van der Waals surface area contributed by atoms with Gasteiger partial charge in [-0.15, -0.1) is 24.0 Å². The number of benzene rings is 1. The van der Waals surface area contributed by atoms with Crippen LogP contribution in [0.3, 0.4) is 0 Å². The van der Waals surface area contributed by atoms with Crippen molar-refractivity contribution in [3.8, 4) is 11.5 Å². The summed E-state index contributed by atoms with van der Waals surface area (Å²) in [7, 11) is 5.88. The Kier molecular flexibility index (Phi) is 8.49. The molecular formula is C24H36IN5O3. The summed E-state index contributed by atoms with van der Waals surface area (Å²) in [5.74, 6) is 2.89. The fourth-order valence-electron chi connectivity index (χ4n) is 4.68. The first kappa shape index (κ1) is 25.6. The molecule has 1 fully saturated rings. The van der Waals surface area contributed by atoms with Gasteiger partial charge >= 0.3 is 0 Å². The molecule has 2 aliphatic rings. The van der Waals surface area contributed by atoms with Crippen LogP contribution < -0.4 is 14.8 Å². The lowest BCUT2D eigenvalue weighted by Crippen LogP contribution is -2.48. The van der Waals surface area contributed by atoms with Crippen LogP contribution in [0.1, 0.15) is 49.4 Å². The van der Waals surface area contributed by atoms with E-state index < -0.39 is 0 Å². The zero-order chi connectivity index (χ0) is 22.7. The zero-order valence-corrected chi connectivity index (χ0v) is 22.6. The minimum atomic E-state index is -0.0482. The second kappa shape index (κ2) is 10.9. The number of ether oxygens (including phenoxy) is 3. The van der Waals surface area contributed by atoms with Gasteiger partial charge in [0, 0.05) is 64.6 Å². The van der Waals surface area contributed by atoms with E-state index in [1.54, 1.807) is 0 Å². The molecule has 2 aromatic rings. The Labute approximate surface area is 213 Å². The van der Waals surface area contributed by atoms with Crippen LogP contribution in [-0.2, 0) is 23.7 Å². The molecule has 1 aromatic heterocycles. The Morgan fingerprint density at radius 3 is 2.67 bits per heavy atom. The maximum atomic E-state index is 5.70. The molecule has 1 saturated heterocycles. The van der Waals surface area contributed by atoms with Gasteiger partial charge in [-0.25, -0.2) is 0 Å². The molecular weight excluding hydrogens is 533 g/mol. The van der Waals surface area contributed by atoms with Crippen molar-refractivity contribution in [3.63, 3.8) is 0 Å². The van der Waals surface area contributed by atoms with Crippen LogP contribution >= 0.6 is 24.0 Å². The van der Waals surface area contributed by atoms with Gasteiger partial charge in [-0.05, 0) is 36.5 Å². The SMILES string of the molecule is CN=C(NCC1(c2ccc3c(c2)OCO3)CCOCC1)N(C)Cc1cn(C)nc1C(C)C.I. The first-order valence-electron chi connectivity index (χ1n) is 11.3. The van der Waals surface area contributed by atoms with Gasteiger partial charge in [-0.3, -0.25) is 9.67 Å². The normalized spacial score (nSPS) is 17.1. The molecule has 1 aromatic carbocycles. The molecule has 2 aliphatic heterocycles. The molecule has 0 saturated carbocycles. The fraction of sp³-hybridized carbons (Fsp3) is 0.583. The lowest BCUT2D eigenvalue weighted by atomic mass is 9.74. The van der Waals surface area contributed by atoms with Crippen LogP contribution in [0.15, 0.2) is 29.4 Å². The maximum absolute atomic E-state index is 5.70. The minimum Gasteiger partial charge on any atom is -0.454 e. The minimum absolute atomic E-state index is 0. The zero-order valence-electron chi connectivity index (χ0n) is 20.3. The van der Waals surface area contributed by atoms with Gasteiger partial charge in [-0.1, -0.05) is 19.9 Å². The van der Waals surface area contributed by atoms with Gasteiger partial charge in [-0.2, -0.15) is 5.10 Å². The van der Waals surface area contributed by atoms with Gasteiger partial charge in [0.25, 0.3) is 0 Å². The van der Waals surface area contributed by atoms with E-state index in [9.17, 15) is 0 Å². The summed E-state index contributed by atoms with van der Waals surface area (Å²) in [4.78, 5) is 6.72. The summed E-state index contributed by atoms with van der Waals surface area (Å²) < 4.78 is 18.8. The summed E-state index contributed by atoms with van der Waals surface area (Å²) in [6.07, 6.45) is 3.99. The smallest absolute Gasteiger partial charge is 0.231 e. The van der Waals surface area contributed by atoms with E-state index in [1.807, 2.05) is 24.8 Å². The van der Waals surface area contributed by atoms with Gasteiger partial charge in [0.2, 0.25) is 6.79 Å². The highest BCUT2D eigenvalue weighted by Crippen LogP contribution is 2.40. The number of hydrogen-bond donors (Lipinski definition) is 1. The third-order valence-electron chi connectivity index (χ3n) is 6.48. The predicted molar refractivity (Wildman–Crippen MR) is 140 cm³/mol. The van der Waals surface area contributed by atoms with Crippen molar-refractivity contribution in [1.82, 2.24) is 20.0 Å². The van der Waals surface area contributed by atoms with Crippen molar-refractivity contribution in [3.05, 3.63) is 41.2 Å². The average molecular weight is 569 g/mol. The standard InChI is InChI=1S/C24H35N5O3.HI/c1-17(2)22-18(14-29(5)27-22)13-28(4)23(25-3)26-15-24(8-10-30-11-9-24)19-6-7-20-21(12-19)32-16-31-20;/h6-7,12,14,17H,8-11,13,15-16H2,1-5H3,(H,25,26);1H. The third-order valence-corrected chi connectivity index (χ3v) is 6.48. The lowest BCUT2D eigenvalue weighted by molar-refractivity contribution is 0.0511. The largest absolute Gasteiger partial charge is 0.454 e. The second-order valence-corrected chi connectivity index (χ2v) is 9.09. The van der Waals surface area contributed by atoms with E-state index >= 15 is 0 Å². The van der Waals surface area contributed by atoms with Crippen molar-refractivity contribution in [2.45, 2.75) is 44.6 Å². The number of aliphatic imine (C=N–C) groups is 1. The average Bonchev–Trinajstić information content (AvgIpc) is 3.40. The predicted octanol–water partition coefficient (Wildman–Crippen LogP) is 3.65. The Bertz CT molecular complexity index is 969. The highest BCUT2D eigenvalue weighted by molar-refractivity contribution is 14.0. The highest BCUT2D eigenvalue weighted by atomic mass is 127. The topological polar surface area (TPSA) is 73.1 Å². The molecule has 1 N–H and O–H groups in total. The molecule has 0 aliphatic carbocycles. The third kappa shape index (κ3) is 5.56. The monoisotopic (exact) mass is 569 g/mol. The number of halogens is 1. The van der Waals surface area contributed by atoms with Crippen LogP contribution in [0.4, 0.5) is 0 Å². The van der Waals surface area contributed by atoms with Gasteiger partial charge in [0.05, 0.1) is 5.69 Å². The van der Waals surface area contributed by atoms with Crippen molar-refractivity contribution >= 4 is 29.9 Å². The van der Waals surface area contributed by atoms with E-state index in [4.69, 9.17) is 14.2 Å². The quantitative estimate of drug-likeness (QED) is 0.326. The molecule has 3 heterocycles. The number of hydrogen-bond acceptors (Lipinski definition) is 5. The number of aryl methyl sites for hydroxylation is 1.